The van der Waals surface area contributed by atoms with Crippen LogP contribution in [0.3, 0.4) is 0 Å². The summed E-state index contributed by atoms with van der Waals surface area (Å²) in [5, 5.41) is 3.90. The van der Waals surface area contributed by atoms with Crippen LogP contribution in [0.2, 0.25) is 10.0 Å². The van der Waals surface area contributed by atoms with Gasteiger partial charge >= 0.3 is 0 Å². The molecular formula is C20H18Cl2N2O3. The van der Waals surface area contributed by atoms with Gasteiger partial charge in [0.05, 0.1) is 6.04 Å². The van der Waals surface area contributed by atoms with Crippen molar-refractivity contribution in [1.82, 2.24) is 10.2 Å². The van der Waals surface area contributed by atoms with Crippen LogP contribution in [0.15, 0.2) is 42.5 Å². The molecule has 2 aromatic rings. The first-order valence-electron chi connectivity index (χ1n) is 8.42. The van der Waals surface area contributed by atoms with E-state index in [0.717, 1.165) is 16.7 Å². The zero-order valence-electron chi connectivity index (χ0n) is 14.8. The molecule has 1 aliphatic rings. The van der Waals surface area contributed by atoms with Gasteiger partial charge in [-0.15, -0.1) is 0 Å². The molecule has 2 atom stereocenters. The highest BCUT2D eigenvalue weighted by Gasteiger charge is 2.41. The lowest BCUT2D eigenvalue weighted by Gasteiger charge is -2.17. The van der Waals surface area contributed by atoms with Crippen LogP contribution >= 0.6 is 23.2 Å². The van der Waals surface area contributed by atoms with E-state index in [0.29, 0.717) is 10.0 Å². The summed E-state index contributed by atoms with van der Waals surface area (Å²) in [5.74, 6) is -2.69. The number of carbonyl (C=O) groups excluding carboxylic acids is 3. The maximum atomic E-state index is 12.4. The van der Waals surface area contributed by atoms with E-state index >= 15 is 0 Å². The first-order valence-corrected chi connectivity index (χ1v) is 9.18. The molecule has 0 bridgehead atoms. The number of rotatable bonds is 4. The third kappa shape index (κ3) is 4.15. The van der Waals surface area contributed by atoms with Crippen LogP contribution in [0.25, 0.3) is 11.1 Å². The molecule has 0 aliphatic carbocycles. The summed E-state index contributed by atoms with van der Waals surface area (Å²) >= 11 is 12.2. The van der Waals surface area contributed by atoms with Gasteiger partial charge in [0.25, 0.3) is 5.91 Å². The number of halogens is 2. The number of hydrogen-bond acceptors (Lipinski definition) is 3. The molecule has 2 amide bonds. The molecule has 0 radical (unpaired) electrons. The maximum Gasteiger partial charge on any atom is 0.290 e. The van der Waals surface area contributed by atoms with Crippen molar-refractivity contribution in [3.8, 4) is 11.1 Å². The fourth-order valence-electron chi connectivity index (χ4n) is 3.08. The van der Waals surface area contributed by atoms with E-state index in [1.54, 1.807) is 6.07 Å². The Labute approximate surface area is 167 Å². The Morgan fingerprint density at radius 2 is 1.78 bits per heavy atom. The van der Waals surface area contributed by atoms with Crippen molar-refractivity contribution in [3.63, 3.8) is 0 Å². The van der Waals surface area contributed by atoms with Gasteiger partial charge in [-0.05, 0) is 47.9 Å². The number of carbonyl (C=O) groups is 3. The highest BCUT2D eigenvalue weighted by molar-refractivity contribution is 6.42. The van der Waals surface area contributed by atoms with E-state index in [1.165, 1.54) is 11.9 Å². The van der Waals surface area contributed by atoms with Gasteiger partial charge in [-0.25, -0.2) is 0 Å². The molecule has 1 fully saturated rings. The molecule has 2 aromatic carbocycles. The number of ketones is 1. The van der Waals surface area contributed by atoms with E-state index < -0.39 is 23.5 Å². The van der Waals surface area contributed by atoms with Crippen LogP contribution in [0.4, 0.5) is 0 Å². The summed E-state index contributed by atoms with van der Waals surface area (Å²) in [7, 11) is 1.51. The van der Waals surface area contributed by atoms with E-state index in [2.05, 4.69) is 5.32 Å². The number of hydrogen-bond donors (Lipinski definition) is 1. The predicted octanol–water partition coefficient (Wildman–Crippen LogP) is 3.49. The third-order valence-corrected chi connectivity index (χ3v) is 5.02. The first kappa shape index (κ1) is 19.4. The van der Waals surface area contributed by atoms with Gasteiger partial charge < -0.3 is 10.2 Å². The third-order valence-electron chi connectivity index (χ3n) is 4.59. The first-order chi connectivity index (χ1) is 12.8. The van der Waals surface area contributed by atoms with Crippen molar-refractivity contribution in [2.45, 2.75) is 13.0 Å². The molecule has 0 saturated carbocycles. The second-order valence-corrected chi connectivity index (χ2v) is 7.49. The van der Waals surface area contributed by atoms with Gasteiger partial charge in [0.2, 0.25) is 11.7 Å². The van der Waals surface area contributed by atoms with Gasteiger partial charge in [-0.1, -0.05) is 41.4 Å². The van der Waals surface area contributed by atoms with Gasteiger partial charge in [-0.2, -0.15) is 0 Å². The largest absolute Gasteiger partial charge is 0.349 e. The minimum atomic E-state index is -0.958. The van der Waals surface area contributed by atoms with Crippen molar-refractivity contribution in [2.24, 2.45) is 5.92 Å². The molecule has 3 rings (SSSR count). The van der Waals surface area contributed by atoms with Crippen molar-refractivity contribution < 1.29 is 14.4 Å². The Kier molecular flexibility index (Phi) is 5.53. The second-order valence-electron chi connectivity index (χ2n) is 6.62. The minimum Gasteiger partial charge on any atom is -0.349 e. The van der Waals surface area contributed by atoms with Crippen LogP contribution in [0.5, 0.6) is 0 Å². The predicted molar refractivity (Wildman–Crippen MR) is 105 cm³/mol. The van der Waals surface area contributed by atoms with E-state index in [4.69, 9.17) is 23.2 Å². The van der Waals surface area contributed by atoms with Crippen LogP contribution in [-0.4, -0.2) is 36.1 Å². The lowest BCUT2D eigenvalue weighted by molar-refractivity contribution is -0.142. The van der Waals surface area contributed by atoms with Crippen molar-refractivity contribution >= 4 is 40.8 Å². The molecule has 5 nitrogen and oxygen atoms in total. The molecular weight excluding hydrogens is 387 g/mol. The van der Waals surface area contributed by atoms with Gasteiger partial charge in [0.15, 0.2) is 0 Å². The topological polar surface area (TPSA) is 66.5 Å². The van der Waals surface area contributed by atoms with Gasteiger partial charge in [0, 0.05) is 23.6 Å². The number of Topliss-reactive ketones (excluding diaryl/α,β-unsaturated/α-hetero) is 1. The van der Waals surface area contributed by atoms with Crippen molar-refractivity contribution in [3.05, 3.63) is 58.1 Å². The van der Waals surface area contributed by atoms with Crippen molar-refractivity contribution in [2.75, 3.05) is 13.6 Å². The number of amides is 2. The molecule has 140 valence electrons. The summed E-state index contributed by atoms with van der Waals surface area (Å²) in [6, 6.07) is 12.6. The molecule has 1 N–H and O–H groups in total. The molecule has 0 spiro atoms. The van der Waals surface area contributed by atoms with Gasteiger partial charge in [-0.3, -0.25) is 14.4 Å². The Morgan fingerprint density at radius 3 is 2.37 bits per heavy atom. The summed E-state index contributed by atoms with van der Waals surface area (Å²) < 4.78 is 0. The lowest BCUT2D eigenvalue weighted by atomic mass is 9.99. The van der Waals surface area contributed by atoms with Crippen LogP contribution in [0, 0.1) is 5.92 Å². The standard InChI is InChI=1S/C20H18Cl2N2O3/c1-11(23-19(26)17-10-24(2)20(27)18(17)25)12-4-3-5-13(6-12)14-7-15(21)9-16(22)8-14/h3-9,11,17H,10H2,1-2H3,(H,23,26)/t11-,17?/m1/s1. The summed E-state index contributed by atoms with van der Waals surface area (Å²) in [6.45, 7) is 1.93. The van der Waals surface area contributed by atoms with E-state index in [9.17, 15) is 14.4 Å². The average molecular weight is 405 g/mol. The fraction of sp³-hybridized carbons (Fsp3) is 0.250. The van der Waals surface area contributed by atoms with Crippen LogP contribution < -0.4 is 5.32 Å². The zero-order chi connectivity index (χ0) is 19.7. The van der Waals surface area contributed by atoms with Crippen LogP contribution in [-0.2, 0) is 14.4 Å². The summed E-state index contributed by atoms with van der Waals surface area (Å²) in [4.78, 5) is 37.2. The molecule has 1 aliphatic heterocycles. The minimum absolute atomic E-state index is 0.108. The molecule has 0 aromatic heterocycles. The second kappa shape index (κ2) is 7.71. The zero-order valence-corrected chi connectivity index (χ0v) is 16.3. The number of likely N-dealkylation sites (N-methyl/N-ethyl adjacent to an activating group) is 1. The van der Waals surface area contributed by atoms with Crippen molar-refractivity contribution in [1.29, 1.82) is 0 Å². The monoisotopic (exact) mass is 404 g/mol. The highest BCUT2D eigenvalue weighted by Crippen LogP contribution is 2.29. The SMILES string of the molecule is C[C@@H](NC(=O)C1CN(C)C(=O)C1=O)c1cccc(-c2cc(Cl)cc(Cl)c2)c1. The average Bonchev–Trinajstić information content (AvgIpc) is 2.88. The molecule has 1 heterocycles. The quantitative estimate of drug-likeness (QED) is 0.626. The number of likely N-dealkylation sites (tertiary alicyclic amines) is 1. The maximum absolute atomic E-state index is 12.4. The number of nitrogens with one attached hydrogen (secondary N) is 1. The summed E-state index contributed by atoms with van der Waals surface area (Å²) in [5.41, 5.74) is 2.64. The fourth-order valence-corrected chi connectivity index (χ4v) is 3.61. The Balaban J connectivity index is 1.78. The summed E-state index contributed by atoms with van der Waals surface area (Å²) in [6.07, 6.45) is 0. The van der Waals surface area contributed by atoms with E-state index in [1.807, 2.05) is 43.3 Å². The molecule has 7 heteroatoms. The Morgan fingerprint density at radius 1 is 1.11 bits per heavy atom. The molecule has 27 heavy (non-hydrogen) atoms. The number of nitrogens with zero attached hydrogens (tertiary/aromatic N) is 1. The highest BCUT2D eigenvalue weighted by atomic mass is 35.5. The molecule has 1 unspecified atom stereocenters. The molecule has 1 saturated heterocycles. The van der Waals surface area contributed by atoms with Crippen LogP contribution in [0.1, 0.15) is 18.5 Å². The normalized spacial score (nSPS) is 17.9. The smallest absolute Gasteiger partial charge is 0.290 e. The Hall–Kier alpha value is -2.37. The lowest BCUT2D eigenvalue weighted by Crippen LogP contribution is -2.37. The number of benzene rings is 2. The van der Waals surface area contributed by atoms with E-state index in [-0.39, 0.29) is 12.6 Å². The Bertz CT molecular complexity index is 909. The van der Waals surface area contributed by atoms with Gasteiger partial charge in [0.1, 0.15) is 5.92 Å².